The van der Waals surface area contributed by atoms with E-state index in [4.69, 9.17) is 14.2 Å². The van der Waals surface area contributed by atoms with E-state index >= 15 is 0 Å². The number of carbonyl (C=O) groups excluding carboxylic acids is 1. The summed E-state index contributed by atoms with van der Waals surface area (Å²) in [4.78, 5) is 33.1. The molecular weight excluding hydrogens is 442 g/mol. The summed E-state index contributed by atoms with van der Waals surface area (Å²) in [6, 6.07) is 11.6. The number of ether oxygens (including phenoxy) is 3. The van der Waals surface area contributed by atoms with Crippen molar-refractivity contribution in [1.82, 2.24) is 9.97 Å². The predicted molar refractivity (Wildman–Crippen MR) is 127 cm³/mol. The highest BCUT2D eigenvalue weighted by atomic mass is 32.2. The fraction of sp³-hybridized carbons (Fsp3) is 0.292. The van der Waals surface area contributed by atoms with Gasteiger partial charge in [-0.05, 0) is 18.6 Å². The van der Waals surface area contributed by atoms with Crippen molar-refractivity contribution >= 4 is 23.5 Å². The van der Waals surface area contributed by atoms with Gasteiger partial charge < -0.3 is 24.5 Å². The molecule has 0 saturated carbocycles. The number of H-pyrrole nitrogens is 1. The minimum atomic E-state index is -0.545. The highest BCUT2D eigenvalue weighted by molar-refractivity contribution is 7.98. The number of nitrogens with zero attached hydrogens (tertiary/aromatic N) is 1. The molecule has 0 radical (unpaired) electrons. The molecule has 2 heterocycles. The van der Waals surface area contributed by atoms with Crippen molar-refractivity contribution in [2.75, 3.05) is 26.6 Å². The molecule has 1 atom stereocenters. The van der Waals surface area contributed by atoms with Gasteiger partial charge in [-0.2, -0.15) is 0 Å². The van der Waals surface area contributed by atoms with Crippen molar-refractivity contribution in [2.24, 2.45) is 0 Å². The average Bonchev–Trinajstić information content (AvgIpc) is 2.82. The van der Waals surface area contributed by atoms with Gasteiger partial charge in [0.1, 0.15) is 11.6 Å². The Bertz CT molecular complexity index is 1240. The number of methoxy groups -OCH3 is 3. The smallest absolute Gasteiger partial charge is 0.257 e. The van der Waals surface area contributed by atoms with Crippen LogP contribution >= 0.6 is 11.8 Å². The van der Waals surface area contributed by atoms with Crippen LogP contribution < -0.4 is 25.1 Å². The summed E-state index contributed by atoms with van der Waals surface area (Å²) in [5.41, 5.74) is 3.04. The van der Waals surface area contributed by atoms with Gasteiger partial charge >= 0.3 is 0 Å². The molecule has 1 aromatic heterocycles. The fourth-order valence-electron chi connectivity index (χ4n) is 3.85. The summed E-state index contributed by atoms with van der Waals surface area (Å²) in [6.45, 7) is 2.03. The Balaban J connectivity index is 1.71. The van der Waals surface area contributed by atoms with E-state index in [-0.39, 0.29) is 23.7 Å². The molecule has 0 saturated heterocycles. The number of hydrogen-bond donors (Lipinski definition) is 2. The van der Waals surface area contributed by atoms with E-state index in [2.05, 4.69) is 15.3 Å². The third-order valence-corrected chi connectivity index (χ3v) is 6.48. The number of benzene rings is 2. The third kappa shape index (κ3) is 4.68. The Kier molecular flexibility index (Phi) is 6.60. The van der Waals surface area contributed by atoms with E-state index in [1.807, 2.05) is 31.2 Å². The van der Waals surface area contributed by atoms with Crippen molar-refractivity contribution in [3.8, 4) is 17.2 Å². The summed E-state index contributed by atoms with van der Waals surface area (Å²) < 4.78 is 16.3. The van der Waals surface area contributed by atoms with Crippen LogP contribution in [0.5, 0.6) is 17.2 Å². The van der Waals surface area contributed by atoms with E-state index in [1.54, 1.807) is 12.1 Å². The van der Waals surface area contributed by atoms with Gasteiger partial charge in [0.15, 0.2) is 16.7 Å². The van der Waals surface area contributed by atoms with Crippen LogP contribution in [-0.2, 0) is 10.5 Å². The molecule has 9 heteroatoms. The number of rotatable bonds is 7. The molecule has 1 aliphatic rings. The molecule has 0 bridgehead atoms. The molecule has 3 aromatic rings. The molecule has 0 aliphatic carbocycles. The highest BCUT2D eigenvalue weighted by Crippen LogP contribution is 2.43. The van der Waals surface area contributed by atoms with Gasteiger partial charge in [-0.25, -0.2) is 4.98 Å². The quantitative estimate of drug-likeness (QED) is 0.402. The van der Waals surface area contributed by atoms with Gasteiger partial charge in [-0.3, -0.25) is 9.59 Å². The van der Waals surface area contributed by atoms with Gasteiger partial charge in [0.25, 0.3) is 5.56 Å². The molecule has 1 unspecified atom stereocenters. The first-order chi connectivity index (χ1) is 15.9. The molecule has 8 nitrogen and oxygen atoms in total. The number of aromatic nitrogens is 2. The minimum Gasteiger partial charge on any atom is -0.496 e. The number of aromatic amines is 1. The largest absolute Gasteiger partial charge is 0.496 e. The average molecular weight is 468 g/mol. The Hall–Kier alpha value is -3.46. The number of carbonyl (C=O) groups is 1. The summed E-state index contributed by atoms with van der Waals surface area (Å²) in [6.07, 6.45) is 0.0828. The molecule has 0 fully saturated rings. The summed E-state index contributed by atoms with van der Waals surface area (Å²) in [7, 11) is 4.59. The zero-order valence-electron chi connectivity index (χ0n) is 18.9. The molecule has 1 amide bonds. The molecular formula is C24H25N3O5S. The molecule has 2 N–H and O–H groups in total. The number of thioether (sulfide) groups is 1. The maximum atomic E-state index is 13.2. The molecule has 1 aliphatic heterocycles. The normalized spacial score (nSPS) is 14.9. The zero-order valence-corrected chi connectivity index (χ0v) is 19.7. The van der Waals surface area contributed by atoms with Crippen LogP contribution in [0.1, 0.15) is 34.6 Å². The fourth-order valence-corrected chi connectivity index (χ4v) is 4.66. The second-order valence-corrected chi connectivity index (χ2v) is 8.63. The Morgan fingerprint density at radius 1 is 1.00 bits per heavy atom. The van der Waals surface area contributed by atoms with Crippen LogP contribution in [0.25, 0.3) is 0 Å². The maximum absolute atomic E-state index is 13.2. The lowest BCUT2D eigenvalue weighted by atomic mass is 9.86. The first-order valence-corrected chi connectivity index (χ1v) is 11.3. The Morgan fingerprint density at radius 3 is 2.33 bits per heavy atom. The number of aryl methyl sites for hydroxylation is 1. The zero-order chi connectivity index (χ0) is 23.5. The molecule has 172 valence electrons. The summed E-state index contributed by atoms with van der Waals surface area (Å²) in [5, 5.41) is 3.20. The van der Waals surface area contributed by atoms with Crippen LogP contribution in [0.3, 0.4) is 0 Å². The predicted octanol–water partition coefficient (Wildman–Crippen LogP) is 3.87. The second kappa shape index (κ2) is 9.58. The van der Waals surface area contributed by atoms with Crippen molar-refractivity contribution in [1.29, 1.82) is 0 Å². The van der Waals surface area contributed by atoms with Crippen LogP contribution in [0, 0.1) is 6.92 Å². The first-order valence-electron chi connectivity index (χ1n) is 10.4. The molecule has 2 aromatic carbocycles. The standard InChI is InChI=1S/C24H25N3O5S/c1-13-5-7-14(8-6-13)12-33-24-26-22-21(23(29)27-24)16(10-20(28)25-22)15-9-18(31-3)19(32-4)11-17(15)30-2/h5-9,11,16H,10,12H2,1-4H3,(H2,25,26,27,28,29). The van der Waals surface area contributed by atoms with Crippen LogP contribution in [0.4, 0.5) is 5.82 Å². The SMILES string of the molecule is COc1cc(OC)c(C2CC(=O)Nc3nc(SCc4ccc(C)cc4)[nH]c(=O)c32)cc1OC. The minimum absolute atomic E-state index is 0.0828. The summed E-state index contributed by atoms with van der Waals surface area (Å²) >= 11 is 1.40. The van der Waals surface area contributed by atoms with Crippen molar-refractivity contribution < 1.29 is 19.0 Å². The van der Waals surface area contributed by atoms with Gasteiger partial charge in [0.05, 0.1) is 26.9 Å². The van der Waals surface area contributed by atoms with Crippen LogP contribution in [0.2, 0.25) is 0 Å². The van der Waals surface area contributed by atoms with Crippen LogP contribution in [0.15, 0.2) is 46.3 Å². The van der Waals surface area contributed by atoms with Gasteiger partial charge in [-0.15, -0.1) is 0 Å². The first kappa shape index (κ1) is 22.7. The van der Waals surface area contributed by atoms with E-state index in [0.29, 0.717) is 39.3 Å². The number of nitrogens with one attached hydrogen (secondary N) is 2. The lowest BCUT2D eigenvalue weighted by molar-refractivity contribution is -0.116. The van der Waals surface area contributed by atoms with Gasteiger partial charge in [-0.1, -0.05) is 41.6 Å². The lowest BCUT2D eigenvalue weighted by Crippen LogP contribution is -2.31. The maximum Gasteiger partial charge on any atom is 0.257 e. The molecule has 0 spiro atoms. The molecule has 4 rings (SSSR count). The lowest BCUT2D eigenvalue weighted by Gasteiger charge is -2.26. The Morgan fingerprint density at radius 2 is 1.67 bits per heavy atom. The topological polar surface area (TPSA) is 103 Å². The van der Waals surface area contributed by atoms with Crippen molar-refractivity contribution in [3.05, 3.63) is 69.0 Å². The highest BCUT2D eigenvalue weighted by Gasteiger charge is 2.33. The van der Waals surface area contributed by atoms with E-state index in [0.717, 1.165) is 5.56 Å². The van der Waals surface area contributed by atoms with E-state index < -0.39 is 5.92 Å². The number of fused-ring (bicyclic) bond motifs is 1. The van der Waals surface area contributed by atoms with Crippen LogP contribution in [-0.4, -0.2) is 37.2 Å². The molecule has 33 heavy (non-hydrogen) atoms. The second-order valence-electron chi connectivity index (χ2n) is 7.66. The monoisotopic (exact) mass is 467 g/mol. The van der Waals surface area contributed by atoms with Gasteiger partial charge in [0, 0.05) is 29.7 Å². The third-order valence-electron chi connectivity index (χ3n) is 5.54. The number of hydrogen-bond acceptors (Lipinski definition) is 7. The number of anilines is 1. The summed E-state index contributed by atoms with van der Waals surface area (Å²) in [5.74, 6) is 1.61. The number of amides is 1. The van der Waals surface area contributed by atoms with E-state index in [1.165, 1.54) is 38.7 Å². The van der Waals surface area contributed by atoms with Crippen molar-refractivity contribution in [2.45, 2.75) is 30.2 Å². The Labute approximate surface area is 195 Å². The van der Waals surface area contributed by atoms with E-state index in [9.17, 15) is 9.59 Å². The van der Waals surface area contributed by atoms with Crippen molar-refractivity contribution in [3.63, 3.8) is 0 Å². The van der Waals surface area contributed by atoms with Gasteiger partial charge in [0.2, 0.25) is 5.91 Å².